The zero-order valence-corrected chi connectivity index (χ0v) is 32.0. The lowest BCUT2D eigenvalue weighted by atomic mass is 9.30. The van der Waals surface area contributed by atoms with Crippen molar-refractivity contribution in [2.75, 3.05) is 14.7 Å². The van der Waals surface area contributed by atoms with E-state index in [1.165, 1.54) is 61.4 Å². The molecule has 0 saturated heterocycles. The van der Waals surface area contributed by atoms with Crippen LogP contribution in [0.15, 0.2) is 212 Å². The first-order chi connectivity index (χ1) is 28.1. The van der Waals surface area contributed by atoms with E-state index in [4.69, 9.17) is 0 Å². The van der Waals surface area contributed by atoms with Gasteiger partial charge in [-0.2, -0.15) is 0 Å². The van der Waals surface area contributed by atoms with Crippen LogP contribution in [0.4, 0.5) is 45.5 Å². The Bertz CT molecular complexity index is 2810. The number of allylic oxidation sites excluding steroid dienone is 1. The maximum Gasteiger partial charge on any atom is 0.248 e. The monoisotopic (exact) mass is 729 g/mol. The number of para-hydroxylation sites is 3. The van der Waals surface area contributed by atoms with Crippen LogP contribution in [-0.4, -0.2) is 6.71 Å². The van der Waals surface area contributed by atoms with E-state index in [1.54, 1.807) is 0 Å². The molecule has 0 saturated carbocycles. The van der Waals surface area contributed by atoms with Gasteiger partial charge in [-0.3, -0.25) is 0 Å². The Morgan fingerprint density at radius 3 is 1.70 bits per heavy atom. The van der Waals surface area contributed by atoms with Crippen LogP contribution in [0.25, 0.3) is 16.8 Å². The van der Waals surface area contributed by atoms with Gasteiger partial charge < -0.3 is 14.7 Å². The van der Waals surface area contributed by atoms with Gasteiger partial charge in [-0.15, -0.1) is 0 Å². The fourth-order valence-corrected chi connectivity index (χ4v) is 9.80. The van der Waals surface area contributed by atoms with Gasteiger partial charge >= 0.3 is 0 Å². The van der Waals surface area contributed by atoms with Crippen LogP contribution in [0.2, 0.25) is 0 Å². The highest BCUT2D eigenvalue weighted by Crippen LogP contribution is 2.56. The van der Waals surface area contributed by atoms with Crippen molar-refractivity contribution >= 4 is 68.8 Å². The fraction of sp³-hybridized carbons (Fsp3) is 0.0566. The van der Waals surface area contributed by atoms with Crippen molar-refractivity contribution in [3.05, 3.63) is 223 Å². The molecule has 3 aliphatic rings. The van der Waals surface area contributed by atoms with Crippen molar-refractivity contribution in [1.29, 1.82) is 0 Å². The van der Waals surface area contributed by atoms with Crippen molar-refractivity contribution in [3.8, 4) is 11.1 Å². The molecule has 8 aromatic carbocycles. The SMILES string of the molecule is CC1(C)C2=C(c3ccccc31)N(c1cccc(-c3ccccc3)c1)c1cccc3c1B2c1ccccc1N3c1cccc(N(c2ccccc2)c2ccccc2)c1. The highest BCUT2D eigenvalue weighted by Gasteiger charge is 2.52. The quantitative estimate of drug-likeness (QED) is 0.158. The Morgan fingerprint density at radius 2 is 0.965 bits per heavy atom. The first-order valence-corrected chi connectivity index (χ1v) is 19.9. The topological polar surface area (TPSA) is 9.72 Å². The van der Waals surface area contributed by atoms with E-state index in [0.29, 0.717) is 0 Å². The molecule has 0 radical (unpaired) electrons. The minimum atomic E-state index is -0.211. The van der Waals surface area contributed by atoms with Crippen molar-refractivity contribution in [2.45, 2.75) is 19.3 Å². The Kier molecular flexibility index (Phi) is 7.62. The van der Waals surface area contributed by atoms with Gasteiger partial charge in [0.15, 0.2) is 0 Å². The summed E-state index contributed by atoms with van der Waals surface area (Å²) in [6.07, 6.45) is 0. The van der Waals surface area contributed by atoms with Crippen molar-refractivity contribution in [3.63, 3.8) is 0 Å². The third-order valence-electron chi connectivity index (χ3n) is 12.2. The first-order valence-electron chi connectivity index (χ1n) is 19.9. The van der Waals surface area contributed by atoms with Gasteiger partial charge in [-0.25, -0.2) is 0 Å². The molecule has 4 heteroatoms. The zero-order chi connectivity index (χ0) is 38.1. The largest absolute Gasteiger partial charge is 0.311 e. The van der Waals surface area contributed by atoms with E-state index in [2.05, 4.69) is 235 Å². The Morgan fingerprint density at radius 1 is 0.439 bits per heavy atom. The van der Waals surface area contributed by atoms with E-state index in [-0.39, 0.29) is 12.1 Å². The average Bonchev–Trinajstić information content (AvgIpc) is 3.51. The first kappa shape index (κ1) is 33.3. The second-order valence-corrected chi connectivity index (χ2v) is 15.7. The molecule has 0 aromatic heterocycles. The van der Waals surface area contributed by atoms with Crippen molar-refractivity contribution in [2.24, 2.45) is 0 Å². The second-order valence-electron chi connectivity index (χ2n) is 15.7. The van der Waals surface area contributed by atoms with Crippen LogP contribution in [0.3, 0.4) is 0 Å². The molecule has 0 atom stereocenters. The van der Waals surface area contributed by atoms with E-state index >= 15 is 0 Å². The van der Waals surface area contributed by atoms with Gasteiger partial charge in [0.05, 0.1) is 0 Å². The lowest BCUT2D eigenvalue weighted by Crippen LogP contribution is -2.57. The number of hydrogen-bond acceptors (Lipinski definition) is 3. The van der Waals surface area contributed by atoms with Gasteiger partial charge in [0.1, 0.15) is 0 Å². The predicted molar refractivity (Wildman–Crippen MR) is 241 cm³/mol. The predicted octanol–water partition coefficient (Wildman–Crippen LogP) is 12.6. The molecule has 1 aliphatic carbocycles. The highest BCUT2D eigenvalue weighted by molar-refractivity contribution is 6.96. The van der Waals surface area contributed by atoms with Crippen LogP contribution < -0.4 is 25.6 Å². The second kappa shape index (κ2) is 13.0. The molecule has 0 amide bonds. The molecule has 0 fully saturated rings. The third kappa shape index (κ3) is 5.14. The summed E-state index contributed by atoms with van der Waals surface area (Å²) in [5.41, 5.74) is 19.6. The van der Waals surface area contributed by atoms with E-state index in [0.717, 1.165) is 28.4 Å². The molecule has 0 spiro atoms. The maximum absolute atomic E-state index is 2.57. The smallest absolute Gasteiger partial charge is 0.248 e. The number of rotatable bonds is 6. The van der Waals surface area contributed by atoms with Crippen LogP contribution >= 0.6 is 0 Å². The van der Waals surface area contributed by atoms with Crippen molar-refractivity contribution < 1.29 is 0 Å². The summed E-state index contributed by atoms with van der Waals surface area (Å²) in [6.45, 7) is 4.93. The van der Waals surface area contributed by atoms with E-state index < -0.39 is 0 Å². The van der Waals surface area contributed by atoms with Crippen LogP contribution in [0.1, 0.15) is 25.0 Å². The van der Waals surface area contributed by atoms with E-state index in [1.807, 2.05) is 0 Å². The van der Waals surface area contributed by atoms with E-state index in [9.17, 15) is 0 Å². The molecule has 11 rings (SSSR count). The Balaban J connectivity index is 1.15. The molecule has 2 heterocycles. The highest BCUT2D eigenvalue weighted by atomic mass is 15.2. The fourth-order valence-electron chi connectivity index (χ4n) is 9.80. The third-order valence-corrected chi connectivity index (χ3v) is 12.2. The maximum atomic E-state index is 2.57. The summed E-state index contributed by atoms with van der Waals surface area (Å²) >= 11 is 0. The van der Waals surface area contributed by atoms with Gasteiger partial charge in [-0.1, -0.05) is 153 Å². The van der Waals surface area contributed by atoms with Gasteiger partial charge in [0, 0.05) is 62.2 Å². The Hall–Kier alpha value is -7.04. The molecule has 270 valence electrons. The van der Waals surface area contributed by atoms with Gasteiger partial charge in [-0.05, 0) is 100 Å². The number of fused-ring (bicyclic) bond motifs is 5. The number of hydrogen-bond donors (Lipinski definition) is 0. The van der Waals surface area contributed by atoms with Gasteiger partial charge in [0.25, 0.3) is 0 Å². The lowest BCUT2D eigenvalue weighted by Gasteiger charge is -2.46. The standard InChI is InChI=1S/C53H40BN3/c1-53(2)45-30-13-12-29-44(45)51-52(53)54-46-31-14-15-32-47(46)56(43-28-17-27-42(36-43)55(39-22-8-4-9-23-39)40-24-10-5-11-25-40)48-33-18-34-49(50(48)54)57(51)41-26-16-21-38(35-41)37-19-6-3-7-20-37/h3-36H,1-2H3. The summed E-state index contributed by atoms with van der Waals surface area (Å²) in [5.74, 6) is 0. The summed E-state index contributed by atoms with van der Waals surface area (Å²) < 4.78 is 0. The molecular weight excluding hydrogens is 689 g/mol. The molecule has 2 aliphatic heterocycles. The number of nitrogens with zero attached hydrogens (tertiary/aromatic N) is 3. The summed E-state index contributed by atoms with van der Waals surface area (Å²) in [7, 11) is 0. The molecule has 3 nitrogen and oxygen atoms in total. The minimum Gasteiger partial charge on any atom is -0.311 e. The molecule has 57 heavy (non-hydrogen) atoms. The van der Waals surface area contributed by atoms with Crippen molar-refractivity contribution in [1.82, 2.24) is 0 Å². The molecule has 0 N–H and O–H groups in total. The normalized spacial score (nSPS) is 14.5. The molecule has 8 aromatic rings. The summed E-state index contributed by atoms with van der Waals surface area (Å²) in [4.78, 5) is 7.42. The molecule has 0 unspecified atom stereocenters. The van der Waals surface area contributed by atoms with Crippen LogP contribution in [0.5, 0.6) is 0 Å². The van der Waals surface area contributed by atoms with Crippen LogP contribution in [-0.2, 0) is 5.41 Å². The number of benzene rings is 8. The zero-order valence-electron chi connectivity index (χ0n) is 32.0. The minimum absolute atomic E-state index is 0.0722. The van der Waals surface area contributed by atoms with Gasteiger partial charge in [0.2, 0.25) is 6.71 Å². The van der Waals surface area contributed by atoms with Crippen LogP contribution in [0, 0.1) is 0 Å². The Labute approximate surface area is 335 Å². The summed E-state index contributed by atoms with van der Waals surface area (Å²) in [6, 6.07) is 75.3. The number of anilines is 8. The lowest BCUT2D eigenvalue weighted by molar-refractivity contribution is 0.666. The molecular formula is C53H40BN3. The average molecular weight is 730 g/mol. The molecule has 0 bridgehead atoms. The summed E-state index contributed by atoms with van der Waals surface area (Å²) in [5, 5.41) is 0.